The molecule has 1 aromatic carbocycles. The van der Waals surface area contributed by atoms with Crippen LogP contribution in [0.3, 0.4) is 0 Å². The second-order valence-electron chi connectivity index (χ2n) is 4.41. The second kappa shape index (κ2) is 7.29. The van der Waals surface area contributed by atoms with E-state index in [1.165, 1.54) is 18.4 Å². The van der Waals surface area contributed by atoms with Crippen molar-refractivity contribution >= 4 is 0 Å². The lowest BCUT2D eigenvalue weighted by Gasteiger charge is -2.07. The van der Waals surface area contributed by atoms with Crippen LogP contribution in [-0.2, 0) is 6.42 Å². The van der Waals surface area contributed by atoms with E-state index in [2.05, 4.69) is 31.3 Å². The lowest BCUT2D eigenvalue weighted by atomic mass is 10.1. The van der Waals surface area contributed by atoms with Gasteiger partial charge in [0.15, 0.2) is 0 Å². The first kappa shape index (κ1) is 13.0. The van der Waals surface area contributed by atoms with E-state index in [9.17, 15) is 0 Å². The number of nitrogens with one attached hydrogen (secondary N) is 1. The minimum atomic E-state index is 0.598. The zero-order valence-corrected chi connectivity index (χ0v) is 10.6. The first-order valence-electron chi connectivity index (χ1n) is 6.08. The molecule has 0 bridgehead atoms. The number of methoxy groups -OCH3 is 1. The molecule has 0 aromatic heterocycles. The summed E-state index contributed by atoms with van der Waals surface area (Å²) in [4.78, 5) is 0. The summed E-state index contributed by atoms with van der Waals surface area (Å²) in [6.45, 7) is 5.49. The number of unbranched alkanes of at least 4 members (excludes halogenated alkanes) is 1. The van der Waals surface area contributed by atoms with E-state index in [4.69, 9.17) is 4.74 Å². The third-order valence-electron chi connectivity index (χ3n) is 2.60. The van der Waals surface area contributed by atoms with E-state index in [0.717, 1.165) is 18.7 Å². The molecule has 0 spiro atoms. The van der Waals surface area contributed by atoms with Crippen molar-refractivity contribution in [2.75, 3.05) is 13.7 Å². The molecule has 0 unspecified atom stereocenters. The Kier molecular flexibility index (Phi) is 5.94. The fourth-order valence-corrected chi connectivity index (χ4v) is 1.64. The average Bonchev–Trinajstić information content (AvgIpc) is 2.29. The molecule has 0 fully saturated rings. The second-order valence-corrected chi connectivity index (χ2v) is 4.41. The number of aryl methyl sites for hydroxylation is 1. The van der Waals surface area contributed by atoms with Gasteiger partial charge in [-0.05, 0) is 43.5 Å². The normalized spacial score (nSPS) is 10.8. The van der Waals surface area contributed by atoms with Crippen LogP contribution in [0.1, 0.15) is 32.3 Å². The molecule has 1 N–H and O–H groups in total. The number of hydrogen-bond acceptors (Lipinski definition) is 2. The molecule has 2 nitrogen and oxygen atoms in total. The molecule has 0 atom stereocenters. The highest BCUT2D eigenvalue weighted by molar-refractivity contribution is 5.27. The monoisotopic (exact) mass is 221 g/mol. The van der Waals surface area contributed by atoms with Gasteiger partial charge in [-0.2, -0.15) is 0 Å². The number of benzene rings is 1. The Morgan fingerprint density at radius 3 is 2.38 bits per heavy atom. The van der Waals surface area contributed by atoms with Crippen molar-refractivity contribution in [3.63, 3.8) is 0 Å². The van der Waals surface area contributed by atoms with Crippen LogP contribution in [0, 0.1) is 0 Å². The molecule has 1 aromatic rings. The SMILES string of the molecule is COc1ccc(CCCCNC(C)C)cc1. The van der Waals surface area contributed by atoms with Crippen LogP contribution >= 0.6 is 0 Å². The van der Waals surface area contributed by atoms with Crippen molar-refractivity contribution in [3.8, 4) is 5.75 Å². The molecule has 0 aliphatic rings. The lowest BCUT2D eigenvalue weighted by molar-refractivity contribution is 0.414. The molecule has 90 valence electrons. The van der Waals surface area contributed by atoms with Crippen LogP contribution in [0.5, 0.6) is 5.75 Å². The van der Waals surface area contributed by atoms with Crippen LogP contribution in [0.25, 0.3) is 0 Å². The summed E-state index contributed by atoms with van der Waals surface area (Å²) in [7, 11) is 1.70. The molecule has 1 rings (SSSR count). The third kappa shape index (κ3) is 5.17. The maximum atomic E-state index is 5.13. The van der Waals surface area contributed by atoms with E-state index >= 15 is 0 Å². The van der Waals surface area contributed by atoms with Crippen LogP contribution in [0.15, 0.2) is 24.3 Å². The van der Waals surface area contributed by atoms with Gasteiger partial charge in [0.25, 0.3) is 0 Å². The van der Waals surface area contributed by atoms with Gasteiger partial charge in [-0.3, -0.25) is 0 Å². The summed E-state index contributed by atoms with van der Waals surface area (Å²) in [6, 6.07) is 8.95. The zero-order chi connectivity index (χ0) is 11.8. The van der Waals surface area contributed by atoms with E-state index in [0.29, 0.717) is 6.04 Å². The van der Waals surface area contributed by atoms with Crippen LogP contribution in [0.4, 0.5) is 0 Å². The van der Waals surface area contributed by atoms with E-state index in [-0.39, 0.29) is 0 Å². The van der Waals surface area contributed by atoms with E-state index in [1.54, 1.807) is 7.11 Å². The average molecular weight is 221 g/mol. The molecule has 2 heteroatoms. The Balaban J connectivity index is 2.16. The highest BCUT2D eigenvalue weighted by Crippen LogP contribution is 2.12. The predicted octanol–water partition coefficient (Wildman–Crippen LogP) is 3.02. The standard InChI is InChI=1S/C14H23NO/c1-12(2)15-11-5-4-6-13-7-9-14(16-3)10-8-13/h7-10,12,15H,4-6,11H2,1-3H3. The Morgan fingerprint density at radius 1 is 1.12 bits per heavy atom. The van der Waals surface area contributed by atoms with Gasteiger partial charge >= 0.3 is 0 Å². The minimum absolute atomic E-state index is 0.598. The molecule has 0 radical (unpaired) electrons. The van der Waals surface area contributed by atoms with Gasteiger partial charge in [0, 0.05) is 6.04 Å². The van der Waals surface area contributed by atoms with Crippen molar-refractivity contribution in [1.82, 2.24) is 5.32 Å². The van der Waals surface area contributed by atoms with Gasteiger partial charge in [0.2, 0.25) is 0 Å². The van der Waals surface area contributed by atoms with Crippen molar-refractivity contribution in [2.24, 2.45) is 0 Å². The maximum absolute atomic E-state index is 5.13. The van der Waals surface area contributed by atoms with E-state index in [1.807, 2.05) is 12.1 Å². The van der Waals surface area contributed by atoms with Crippen LogP contribution in [0.2, 0.25) is 0 Å². The number of ether oxygens (including phenoxy) is 1. The highest BCUT2D eigenvalue weighted by Gasteiger charge is 1.96. The fraction of sp³-hybridized carbons (Fsp3) is 0.571. The van der Waals surface area contributed by atoms with Crippen LogP contribution in [-0.4, -0.2) is 19.7 Å². The third-order valence-corrected chi connectivity index (χ3v) is 2.60. The summed E-state index contributed by atoms with van der Waals surface area (Å²) in [5.41, 5.74) is 1.39. The van der Waals surface area contributed by atoms with Gasteiger partial charge in [-0.15, -0.1) is 0 Å². The van der Waals surface area contributed by atoms with Crippen molar-refractivity contribution in [2.45, 2.75) is 39.2 Å². The fourth-order valence-electron chi connectivity index (χ4n) is 1.64. The first-order chi connectivity index (χ1) is 7.72. The molecular weight excluding hydrogens is 198 g/mol. The van der Waals surface area contributed by atoms with Crippen molar-refractivity contribution in [3.05, 3.63) is 29.8 Å². The number of hydrogen-bond donors (Lipinski definition) is 1. The molecule has 0 aliphatic heterocycles. The lowest BCUT2D eigenvalue weighted by Crippen LogP contribution is -2.23. The molecule has 0 saturated heterocycles. The smallest absolute Gasteiger partial charge is 0.118 e. The molecule has 0 heterocycles. The van der Waals surface area contributed by atoms with Gasteiger partial charge in [0.05, 0.1) is 7.11 Å². The first-order valence-corrected chi connectivity index (χ1v) is 6.08. The van der Waals surface area contributed by atoms with Crippen molar-refractivity contribution < 1.29 is 4.74 Å². The Labute approximate surface area is 99.0 Å². The summed E-state index contributed by atoms with van der Waals surface area (Å²) < 4.78 is 5.13. The summed E-state index contributed by atoms with van der Waals surface area (Å²) >= 11 is 0. The maximum Gasteiger partial charge on any atom is 0.118 e. The Bertz CT molecular complexity index is 279. The molecule has 0 aliphatic carbocycles. The largest absolute Gasteiger partial charge is 0.497 e. The van der Waals surface area contributed by atoms with Gasteiger partial charge < -0.3 is 10.1 Å². The summed E-state index contributed by atoms with van der Waals surface area (Å²) in [6.07, 6.45) is 3.64. The molecule has 0 amide bonds. The topological polar surface area (TPSA) is 21.3 Å². The molecule has 16 heavy (non-hydrogen) atoms. The quantitative estimate of drug-likeness (QED) is 0.715. The summed E-state index contributed by atoms with van der Waals surface area (Å²) in [5, 5.41) is 3.43. The molecule has 0 saturated carbocycles. The van der Waals surface area contributed by atoms with Gasteiger partial charge in [0.1, 0.15) is 5.75 Å². The van der Waals surface area contributed by atoms with Gasteiger partial charge in [-0.25, -0.2) is 0 Å². The summed E-state index contributed by atoms with van der Waals surface area (Å²) in [5.74, 6) is 0.935. The zero-order valence-electron chi connectivity index (χ0n) is 10.6. The Hall–Kier alpha value is -1.02. The predicted molar refractivity (Wildman–Crippen MR) is 69.1 cm³/mol. The Morgan fingerprint density at radius 2 is 1.81 bits per heavy atom. The highest BCUT2D eigenvalue weighted by atomic mass is 16.5. The number of rotatable bonds is 7. The van der Waals surface area contributed by atoms with Crippen molar-refractivity contribution in [1.29, 1.82) is 0 Å². The minimum Gasteiger partial charge on any atom is -0.497 e. The van der Waals surface area contributed by atoms with Gasteiger partial charge in [-0.1, -0.05) is 26.0 Å². The van der Waals surface area contributed by atoms with E-state index < -0.39 is 0 Å². The van der Waals surface area contributed by atoms with Crippen LogP contribution < -0.4 is 10.1 Å². The molecular formula is C14H23NO.